The number of ether oxygens (including phenoxy) is 1. The Kier molecular flexibility index (Phi) is 6.03. The zero-order valence-corrected chi connectivity index (χ0v) is 17.1. The molecule has 0 radical (unpaired) electrons. The Balaban J connectivity index is 1.96. The SMILES string of the molecule is CC(C)(C)C(=O)OCC(=O)Nc1oc(-c2ccccc2)c(-c2ccccc2)c1C#N. The van der Waals surface area contributed by atoms with Gasteiger partial charge in [0.25, 0.3) is 5.91 Å². The summed E-state index contributed by atoms with van der Waals surface area (Å²) < 4.78 is 11.0. The molecule has 3 aromatic rings. The van der Waals surface area contributed by atoms with Crippen LogP contribution in [0.15, 0.2) is 65.1 Å². The van der Waals surface area contributed by atoms with E-state index in [1.165, 1.54) is 0 Å². The molecule has 0 aliphatic carbocycles. The van der Waals surface area contributed by atoms with E-state index in [-0.39, 0.29) is 11.4 Å². The van der Waals surface area contributed by atoms with Crippen LogP contribution in [0.4, 0.5) is 5.88 Å². The number of hydrogen-bond acceptors (Lipinski definition) is 5. The molecule has 0 aliphatic heterocycles. The Morgan fingerprint density at radius 3 is 2.10 bits per heavy atom. The third-order valence-electron chi connectivity index (χ3n) is 4.32. The molecule has 0 bridgehead atoms. The number of nitrogens with one attached hydrogen (secondary N) is 1. The minimum Gasteiger partial charge on any atom is -0.455 e. The number of amides is 1. The number of furan rings is 1. The molecule has 1 amide bonds. The lowest BCUT2D eigenvalue weighted by atomic mass is 9.97. The first-order valence-electron chi connectivity index (χ1n) is 9.46. The van der Waals surface area contributed by atoms with E-state index in [9.17, 15) is 14.9 Å². The summed E-state index contributed by atoms with van der Waals surface area (Å²) in [6.45, 7) is 4.63. The van der Waals surface area contributed by atoms with Crippen LogP contribution < -0.4 is 5.32 Å². The predicted molar refractivity (Wildman–Crippen MR) is 113 cm³/mol. The third kappa shape index (κ3) is 4.58. The molecule has 2 aromatic carbocycles. The molecule has 0 spiro atoms. The first-order valence-corrected chi connectivity index (χ1v) is 9.46. The number of carbonyl (C=O) groups excluding carboxylic acids is 2. The Morgan fingerprint density at radius 2 is 1.57 bits per heavy atom. The van der Waals surface area contributed by atoms with E-state index in [0.717, 1.165) is 11.1 Å². The van der Waals surface area contributed by atoms with Crippen molar-refractivity contribution >= 4 is 17.8 Å². The van der Waals surface area contributed by atoms with Crippen molar-refractivity contribution in [3.8, 4) is 28.5 Å². The minimum atomic E-state index is -0.719. The van der Waals surface area contributed by atoms with Crippen LogP contribution in [0, 0.1) is 16.7 Å². The highest BCUT2D eigenvalue weighted by atomic mass is 16.5. The number of esters is 1. The Labute approximate surface area is 175 Å². The molecule has 1 N–H and O–H groups in total. The molecule has 0 fully saturated rings. The van der Waals surface area contributed by atoms with Crippen LogP contribution in [0.3, 0.4) is 0 Å². The van der Waals surface area contributed by atoms with Gasteiger partial charge in [0, 0.05) is 11.1 Å². The van der Waals surface area contributed by atoms with Crippen LogP contribution in [0.5, 0.6) is 0 Å². The van der Waals surface area contributed by atoms with E-state index in [4.69, 9.17) is 9.15 Å². The van der Waals surface area contributed by atoms with Crippen LogP contribution in [0.2, 0.25) is 0 Å². The summed E-state index contributed by atoms with van der Waals surface area (Å²) in [5, 5.41) is 12.4. The van der Waals surface area contributed by atoms with Gasteiger partial charge in [-0.05, 0) is 26.3 Å². The number of carbonyl (C=O) groups is 2. The lowest BCUT2D eigenvalue weighted by Gasteiger charge is -2.15. The van der Waals surface area contributed by atoms with Crippen molar-refractivity contribution in [2.24, 2.45) is 5.41 Å². The third-order valence-corrected chi connectivity index (χ3v) is 4.32. The lowest BCUT2D eigenvalue weighted by Crippen LogP contribution is -2.28. The number of nitrogens with zero attached hydrogens (tertiary/aromatic N) is 1. The van der Waals surface area contributed by atoms with Gasteiger partial charge < -0.3 is 9.15 Å². The Hall–Kier alpha value is -3.85. The van der Waals surface area contributed by atoms with Crippen LogP contribution in [-0.4, -0.2) is 18.5 Å². The van der Waals surface area contributed by atoms with Crippen molar-refractivity contribution in [2.75, 3.05) is 11.9 Å². The summed E-state index contributed by atoms with van der Waals surface area (Å²) in [5.74, 6) is -0.586. The molecule has 0 saturated carbocycles. The van der Waals surface area contributed by atoms with E-state index < -0.39 is 23.9 Å². The summed E-state index contributed by atoms with van der Waals surface area (Å²) in [6.07, 6.45) is 0. The minimum absolute atomic E-state index is 0.0204. The second-order valence-corrected chi connectivity index (χ2v) is 7.73. The second kappa shape index (κ2) is 8.66. The van der Waals surface area contributed by atoms with Crippen molar-refractivity contribution < 1.29 is 18.7 Å². The van der Waals surface area contributed by atoms with Gasteiger partial charge >= 0.3 is 5.97 Å². The zero-order chi connectivity index (χ0) is 21.7. The van der Waals surface area contributed by atoms with E-state index in [1.807, 2.05) is 60.7 Å². The molecule has 6 nitrogen and oxygen atoms in total. The zero-order valence-electron chi connectivity index (χ0n) is 17.1. The number of hydrogen-bond donors (Lipinski definition) is 1. The van der Waals surface area contributed by atoms with E-state index in [1.54, 1.807) is 20.8 Å². The normalized spacial score (nSPS) is 10.9. The molecular weight excluding hydrogens is 380 g/mol. The van der Waals surface area contributed by atoms with Crippen LogP contribution in [0.25, 0.3) is 22.5 Å². The predicted octanol–water partition coefficient (Wildman–Crippen LogP) is 5.01. The van der Waals surface area contributed by atoms with Gasteiger partial charge in [0.15, 0.2) is 6.61 Å². The Morgan fingerprint density at radius 1 is 1.00 bits per heavy atom. The van der Waals surface area contributed by atoms with Gasteiger partial charge in [0.05, 0.1) is 5.41 Å². The smallest absolute Gasteiger partial charge is 0.311 e. The van der Waals surface area contributed by atoms with Gasteiger partial charge in [-0.3, -0.25) is 14.9 Å². The summed E-state index contributed by atoms with van der Waals surface area (Å²) in [4.78, 5) is 24.2. The highest BCUT2D eigenvalue weighted by Gasteiger charge is 2.26. The van der Waals surface area contributed by atoms with Crippen molar-refractivity contribution in [1.82, 2.24) is 0 Å². The summed E-state index contributed by atoms with van der Waals surface area (Å²) in [6, 6.07) is 20.8. The summed E-state index contributed by atoms with van der Waals surface area (Å²) in [5.41, 5.74) is 1.63. The van der Waals surface area contributed by atoms with Gasteiger partial charge in [-0.15, -0.1) is 0 Å². The number of rotatable bonds is 5. The first kappa shape index (κ1) is 20.9. The number of nitriles is 1. The number of anilines is 1. The van der Waals surface area contributed by atoms with Gasteiger partial charge in [-0.2, -0.15) is 5.26 Å². The second-order valence-electron chi connectivity index (χ2n) is 7.73. The van der Waals surface area contributed by atoms with Gasteiger partial charge in [0.1, 0.15) is 17.4 Å². The van der Waals surface area contributed by atoms with Gasteiger partial charge in [-0.25, -0.2) is 0 Å². The monoisotopic (exact) mass is 402 g/mol. The summed E-state index contributed by atoms with van der Waals surface area (Å²) in [7, 11) is 0. The molecule has 6 heteroatoms. The van der Waals surface area contributed by atoms with Gasteiger partial charge in [0.2, 0.25) is 5.88 Å². The molecule has 0 unspecified atom stereocenters. The van der Waals surface area contributed by atoms with Gasteiger partial charge in [-0.1, -0.05) is 60.7 Å². The molecular formula is C24H22N2O4. The quantitative estimate of drug-likeness (QED) is 0.606. The molecule has 0 aliphatic rings. The van der Waals surface area contributed by atoms with Crippen LogP contribution in [-0.2, 0) is 14.3 Å². The molecule has 1 aromatic heterocycles. The molecule has 1 heterocycles. The van der Waals surface area contributed by atoms with Crippen molar-refractivity contribution in [1.29, 1.82) is 5.26 Å². The van der Waals surface area contributed by atoms with E-state index >= 15 is 0 Å². The molecule has 0 saturated heterocycles. The fourth-order valence-electron chi connectivity index (χ4n) is 2.81. The maximum Gasteiger partial charge on any atom is 0.311 e. The van der Waals surface area contributed by atoms with Crippen LogP contribution >= 0.6 is 0 Å². The standard InChI is InChI=1S/C24H22N2O4/c1-24(2,3)23(28)29-15-19(27)26-22-18(14-25)20(16-10-6-4-7-11-16)21(30-22)17-12-8-5-9-13-17/h4-13H,15H2,1-3H3,(H,26,27). The summed E-state index contributed by atoms with van der Waals surface area (Å²) >= 11 is 0. The maximum atomic E-state index is 12.3. The molecule has 0 atom stereocenters. The molecule has 30 heavy (non-hydrogen) atoms. The molecule has 3 rings (SSSR count). The number of benzene rings is 2. The van der Waals surface area contributed by atoms with Crippen LogP contribution in [0.1, 0.15) is 26.3 Å². The van der Waals surface area contributed by atoms with Crippen molar-refractivity contribution in [3.05, 3.63) is 66.2 Å². The highest BCUT2D eigenvalue weighted by Crippen LogP contribution is 2.41. The topological polar surface area (TPSA) is 92.3 Å². The van der Waals surface area contributed by atoms with E-state index in [2.05, 4.69) is 11.4 Å². The average Bonchev–Trinajstić information content (AvgIpc) is 3.10. The Bertz CT molecular complexity index is 1090. The largest absolute Gasteiger partial charge is 0.455 e. The highest BCUT2D eigenvalue weighted by molar-refractivity contribution is 5.96. The fourth-order valence-corrected chi connectivity index (χ4v) is 2.81. The average molecular weight is 402 g/mol. The molecule has 152 valence electrons. The van der Waals surface area contributed by atoms with Crippen molar-refractivity contribution in [3.63, 3.8) is 0 Å². The van der Waals surface area contributed by atoms with E-state index in [0.29, 0.717) is 11.3 Å². The lowest BCUT2D eigenvalue weighted by molar-refractivity contribution is -0.155. The van der Waals surface area contributed by atoms with Crippen molar-refractivity contribution in [2.45, 2.75) is 20.8 Å². The maximum absolute atomic E-state index is 12.3. The fraction of sp³-hybridized carbons (Fsp3) is 0.208. The first-order chi connectivity index (χ1) is 14.3.